The van der Waals surface area contributed by atoms with Crippen LogP contribution in [0.2, 0.25) is 0 Å². The summed E-state index contributed by atoms with van der Waals surface area (Å²) in [5.74, 6) is 2.64. The van der Waals surface area contributed by atoms with Gasteiger partial charge < -0.3 is 20.1 Å². The molecule has 0 radical (unpaired) electrons. The Balaban J connectivity index is 1.16. The maximum atomic E-state index is 12.7. The van der Waals surface area contributed by atoms with Crippen LogP contribution in [-0.4, -0.2) is 57.0 Å². The average molecular weight is 538 g/mol. The van der Waals surface area contributed by atoms with Gasteiger partial charge in [0.15, 0.2) is 0 Å². The van der Waals surface area contributed by atoms with Crippen molar-refractivity contribution in [3.8, 4) is 0 Å². The highest BCUT2D eigenvalue weighted by Gasteiger charge is 2.71. The van der Waals surface area contributed by atoms with E-state index in [0.717, 1.165) is 61.9 Å². The Hall–Kier alpha value is -1.24. The number of carbonyl (C=O) groups excluding carboxylic acids is 1. The van der Waals surface area contributed by atoms with E-state index in [4.69, 9.17) is 9.73 Å². The van der Waals surface area contributed by atoms with Crippen molar-refractivity contribution in [3.63, 3.8) is 0 Å². The second kappa shape index (κ2) is 8.19. The summed E-state index contributed by atoms with van der Waals surface area (Å²) in [6.07, 6.45) is 18.0. The van der Waals surface area contributed by atoms with Crippen molar-refractivity contribution in [1.82, 2.24) is 0 Å². The zero-order chi connectivity index (χ0) is 26.8. The van der Waals surface area contributed by atoms with Gasteiger partial charge in [0.05, 0.1) is 22.8 Å². The van der Waals surface area contributed by atoms with Crippen molar-refractivity contribution in [2.75, 3.05) is 6.61 Å². The van der Waals surface area contributed by atoms with E-state index in [0.29, 0.717) is 25.9 Å². The monoisotopic (exact) mass is 537 g/mol. The van der Waals surface area contributed by atoms with E-state index in [9.17, 15) is 20.1 Å². The number of hydrogen-bond donors (Lipinski definition) is 3. The molecule has 3 N–H and O–H groups in total. The minimum atomic E-state index is -0.964. The molecule has 0 aromatic carbocycles. The number of aliphatic imine (C=N–C) groups is 1. The molecule has 8 fully saturated rings. The summed E-state index contributed by atoms with van der Waals surface area (Å²) in [5.41, 5.74) is -1.47. The van der Waals surface area contributed by atoms with Crippen LogP contribution < -0.4 is 0 Å². The number of ether oxygens (including phenoxy) is 1. The Labute approximate surface area is 232 Å². The number of esters is 1. The van der Waals surface area contributed by atoms with E-state index in [1.807, 2.05) is 0 Å². The Morgan fingerprint density at radius 3 is 2.26 bits per heavy atom. The van der Waals surface area contributed by atoms with Gasteiger partial charge in [0.1, 0.15) is 6.61 Å². The molecule has 0 unspecified atom stereocenters. The first-order valence-electron chi connectivity index (χ1n) is 16.1. The third-order valence-corrected chi connectivity index (χ3v) is 14.2. The Morgan fingerprint density at radius 2 is 1.59 bits per heavy atom. The van der Waals surface area contributed by atoms with E-state index in [1.54, 1.807) is 6.08 Å². The van der Waals surface area contributed by atoms with Gasteiger partial charge in [-0.3, -0.25) is 4.99 Å². The molecule has 6 heteroatoms. The van der Waals surface area contributed by atoms with Gasteiger partial charge in [-0.2, -0.15) is 0 Å². The van der Waals surface area contributed by atoms with Crippen molar-refractivity contribution >= 4 is 12.2 Å². The first kappa shape index (κ1) is 25.5. The molecule has 9 aliphatic rings. The minimum absolute atomic E-state index is 0.0490. The molecule has 214 valence electrons. The van der Waals surface area contributed by atoms with Gasteiger partial charge in [-0.05, 0) is 131 Å². The summed E-state index contributed by atoms with van der Waals surface area (Å²) in [6, 6.07) is 0. The SMILES string of the molecule is C[C@]12CC[C@H]3[C@@H](CC[C@]4(O)C[C@@H](O)CC[C@]34C=NC34CC5CC(CC(C5)C3)C4)[C@@]1(O)CC[C@@H]2C1=CC(=O)OC1. The van der Waals surface area contributed by atoms with Crippen LogP contribution in [0.3, 0.4) is 0 Å². The van der Waals surface area contributed by atoms with Gasteiger partial charge in [0.2, 0.25) is 0 Å². The molecule has 1 aliphatic heterocycles. The second-order valence-corrected chi connectivity index (χ2v) is 15.9. The molecule has 0 spiro atoms. The van der Waals surface area contributed by atoms with Crippen molar-refractivity contribution in [3.05, 3.63) is 11.6 Å². The molecular weight excluding hydrogens is 490 g/mol. The van der Waals surface area contributed by atoms with Gasteiger partial charge in [-0.25, -0.2) is 4.79 Å². The number of carbonyl (C=O) groups is 1. The van der Waals surface area contributed by atoms with E-state index in [1.165, 1.54) is 38.5 Å². The quantitative estimate of drug-likeness (QED) is 0.357. The lowest BCUT2D eigenvalue weighted by atomic mass is 9.41. The van der Waals surface area contributed by atoms with Crippen LogP contribution in [0.1, 0.15) is 103 Å². The maximum absolute atomic E-state index is 12.7. The number of hydrogen-bond acceptors (Lipinski definition) is 6. The fourth-order valence-electron chi connectivity index (χ4n) is 12.8. The smallest absolute Gasteiger partial charge is 0.331 e. The highest BCUT2D eigenvalue weighted by Crippen LogP contribution is 2.70. The summed E-state index contributed by atoms with van der Waals surface area (Å²) in [7, 11) is 0. The summed E-state index contributed by atoms with van der Waals surface area (Å²) >= 11 is 0. The van der Waals surface area contributed by atoms with Crippen LogP contribution >= 0.6 is 0 Å². The van der Waals surface area contributed by atoms with E-state index in [-0.39, 0.29) is 34.7 Å². The van der Waals surface area contributed by atoms with Gasteiger partial charge in [0, 0.05) is 29.5 Å². The first-order chi connectivity index (χ1) is 18.6. The van der Waals surface area contributed by atoms with Crippen molar-refractivity contribution in [2.45, 2.75) is 126 Å². The summed E-state index contributed by atoms with van der Waals surface area (Å²) in [4.78, 5) is 17.5. The van der Waals surface area contributed by atoms with Gasteiger partial charge >= 0.3 is 5.97 Å². The van der Waals surface area contributed by atoms with Gasteiger partial charge in [0.25, 0.3) is 0 Å². The fourth-order valence-corrected chi connectivity index (χ4v) is 12.8. The summed E-state index contributed by atoms with van der Waals surface area (Å²) < 4.78 is 5.30. The number of aliphatic hydroxyl groups is 3. The average Bonchev–Trinajstić information content (AvgIpc) is 3.41. The number of cyclic esters (lactones) is 1. The van der Waals surface area contributed by atoms with Crippen LogP contribution in [0.4, 0.5) is 0 Å². The van der Waals surface area contributed by atoms with Crippen LogP contribution in [-0.2, 0) is 9.53 Å². The third-order valence-electron chi connectivity index (χ3n) is 14.2. The predicted molar refractivity (Wildman–Crippen MR) is 147 cm³/mol. The zero-order valence-electron chi connectivity index (χ0n) is 23.6. The Kier molecular flexibility index (Phi) is 5.35. The van der Waals surface area contributed by atoms with Crippen molar-refractivity contribution in [2.24, 2.45) is 51.3 Å². The lowest BCUT2D eigenvalue weighted by Gasteiger charge is -2.66. The zero-order valence-corrected chi connectivity index (χ0v) is 23.6. The molecule has 4 bridgehead atoms. The fraction of sp³-hybridized carbons (Fsp3) is 0.879. The lowest BCUT2D eigenvalue weighted by Crippen LogP contribution is -2.69. The third kappa shape index (κ3) is 3.37. The van der Waals surface area contributed by atoms with Gasteiger partial charge in [-0.15, -0.1) is 0 Å². The molecule has 0 aromatic heterocycles. The molecule has 39 heavy (non-hydrogen) atoms. The lowest BCUT2D eigenvalue weighted by molar-refractivity contribution is -0.237. The molecule has 0 aromatic rings. The number of rotatable bonds is 3. The summed E-state index contributed by atoms with van der Waals surface area (Å²) in [5, 5.41) is 35.8. The van der Waals surface area contributed by atoms with E-state index in [2.05, 4.69) is 13.1 Å². The van der Waals surface area contributed by atoms with Crippen molar-refractivity contribution in [1.29, 1.82) is 0 Å². The molecular formula is C33H47NO5. The second-order valence-electron chi connectivity index (χ2n) is 15.9. The van der Waals surface area contributed by atoms with E-state index < -0.39 is 22.7 Å². The Bertz CT molecular complexity index is 1100. The summed E-state index contributed by atoms with van der Waals surface area (Å²) in [6.45, 7) is 2.62. The molecule has 6 nitrogen and oxygen atoms in total. The first-order valence-corrected chi connectivity index (χ1v) is 16.1. The standard InChI is InChI=1S/C33H47NO5/c1-29-6-3-26-27(33(29,38)9-5-25(29)23-13-28(36)39-18-23)4-8-32(37)17-24(35)2-7-31(26,32)19-34-30-14-20-10-21(15-30)12-22(11-20)16-30/h13,19-22,24-27,35,37-38H,2-12,14-18H2,1H3/t20?,21?,22?,24-,25+,26-,27+,29+,30?,31-,32-,33-/m0/s1. The molecule has 8 saturated carbocycles. The van der Waals surface area contributed by atoms with E-state index >= 15 is 0 Å². The van der Waals surface area contributed by atoms with Crippen LogP contribution in [0.25, 0.3) is 0 Å². The number of nitrogens with zero attached hydrogens (tertiary/aromatic N) is 1. The topological polar surface area (TPSA) is 99.4 Å². The maximum Gasteiger partial charge on any atom is 0.331 e. The molecule has 0 amide bonds. The van der Waals surface area contributed by atoms with Crippen LogP contribution in [0.5, 0.6) is 0 Å². The molecule has 9 rings (SSSR count). The van der Waals surface area contributed by atoms with Crippen LogP contribution in [0.15, 0.2) is 16.6 Å². The number of fused-ring (bicyclic) bond motifs is 5. The number of aliphatic hydroxyl groups excluding tert-OH is 1. The normalized spacial score (nSPS) is 57.7. The predicted octanol–water partition coefficient (Wildman–Crippen LogP) is 4.74. The Morgan fingerprint density at radius 1 is 0.897 bits per heavy atom. The van der Waals surface area contributed by atoms with Gasteiger partial charge in [-0.1, -0.05) is 6.92 Å². The molecule has 8 atom stereocenters. The molecule has 0 saturated heterocycles. The highest BCUT2D eigenvalue weighted by molar-refractivity contribution is 5.85. The highest BCUT2D eigenvalue weighted by atomic mass is 16.5. The van der Waals surface area contributed by atoms with Crippen molar-refractivity contribution < 1.29 is 24.9 Å². The minimum Gasteiger partial charge on any atom is -0.458 e. The molecule has 8 aliphatic carbocycles. The van der Waals surface area contributed by atoms with Crippen LogP contribution in [0, 0.1) is 46.3 Å². The largest absolute Gasteiger partial charge is 0.458 e. The molecule has 1 heterocycles.